The Labute approximate surface area is 141 Å². The zero-order valence-corrected chi connectivity index (χ0v) is 14.0. The molecule has 0 aliphatic carbocycles. The van der Waals surface area contributed by atoms with Gasteiger partial charge in [-0.05, 0) is 23.8 Å². The van der Waals surface area contributed by atoms with E-state index in [-0.39, 0.29) is 12.3 Å². The largest absolute Gasteiger partial charge is 0.468 e. The molecule has 0 saturated carbocycles. The lowest BCUT2D eigenvalue weighted by molar-refractivity contribution is -0.0461. The summed E-state index contributed by atoms with van der Waals surface area (Å²) in [5, 5.41) is 7.75. The van der Waals surface area contributed by atoms with Gasteiger partial charge in [-0.1, -0.05) is 55.8 Å². The first-order chi connectivity index (χ1) is 11.1. The highest BCUT2D eigenvalue weighted by molar-refractivity contribution is 6.30. The summed E-state index contributed by atoms with van der Waals surface area (Å²) in [6.45, 7) is 4.33. The molecular formula is C19H19ClN2O. The molecule has 0 aromatic heterocycles. The summed E-state index contributed by atoms with van der Waals surface area (Å²) in [5.41, 5.74) is 3.41. The zero-order chi connectivity index (χ0) is 16.0. The van der Waals surface area contributed by atoms with Crippen LogP contribution in [0.1, 0.15) is 37.4 Å². The molecule has 2 aliphatic heterocycles. The van der Waals surface area contributed by atoms with Crippen LogP contribution in [0.4, 0.5) is 0 Å². The van der Waals surface area contributed by atoms with E-state index in [0.29, 0.717) is 5.92 Å². The van der Waals surface area contributed by atoms with E-state index in [2.05, 4.69) is 43.1 Å². The van der Waals surface area contributed by atoms with Gasteiger partial charge in [0.1, 0.15) is 5.75 Å². The van der Waals surface area contributed by atoms with Crippen LogP contribution in [0.15, 0.2) is 53.6 Å². The van der Waals surface area contributed by atoms with Crippen LogP contribution < -0.4 is 4.74 Å². The molecule has 2 aliphatic rings. The van der Waals surface area contributed by atoms with Crippen molar-refractivity contribution in [2.75, 3.05) is 0 Å². The van der Waals surface area contributed by atoms with Gasteiger partial charge >= 0.3 is 0 Å². The number of rotatable bonds is 2. The summed E-state index contributed by atoms with van der Waals surface area (Å²) < 4.78 is 6.21. The normalized spacial score (nSPS) is 22.4. The van der Waals surface area contributed by atoms with E-state index < -0.39 is 0 Å². The third kappa shape index (κ3) is 2.49. The van der Waals surface area contributed by atoms with E-state index >= 15 is 0 Å². The fourth-order valence-corrected chi connectivity index (χ4v) is 3.51. The molecule has 23 heavy (non-hydrogen) atoms. The summed E-state index contributed by atoms with van der Waals surface area (Å²) in [4.78, 5) is 0. The molecule has 0 spiro atoms. The fraction of sp³-hybridized carbons (Fsp3) is 0.316. The van der Waals surface area contributed by atoms with Crippen molar-refractivity contribution in [2.45, 2.75) is 32.5 Å². The first-order valence-corrected chi connectivity index (χ1v) is 8.38. The molecule has 2 atom stereocenters. The van der Waals surface area contributed by atoms with Crippen molar-refractivity contribution < 1.29 is 4.74 Å². The Morgan fingerprint density at radius 2 is 1.96 bits per heavy atom. The van der Waals surface area contributed by atoms with Crippen LogP contribution in [-0.2, 0) is 0 Å². The van der Waals surface area contributed by atoms with Crippen molar-refractivity contribution in [1.82, 2.24) is 5.01 Å². The Hall–Kier alpha value is -2.00. The summed E-state index contributed by atoms with van der Waals surface area (Å²) in [7, 11) is 0. The summed E-state index contributed by atoms with van der Waals surface area (Å²) >= 11 is 6.21. The lowest BCUT2D eigenvalue weighted by Crippen LogP contribution is -2.43. The average Bonchev–Trinajstić information content (AvgIpc) is 3.00. The monoisotopic (exact) mass is 326 g/mol. The summed E-state index contributed by atoms with van der Waals surface area (Å²) in [6, 6.07) is 16.4. The first-order valence-electron chi connectivity index (χ1n) is 8.01. The number of halogens is 1. The number of hydrogen-bond acceptors (Lipinski definition) is 3. The van der Waals surface area contributed by atoms with Gasteiger partial charge < -0.3 is 4.74 Å². The van der Waals surface area contributed by atoms with Gasteiger partial charge in [0.15, 0.2) is 6.23 Å². The Kier molecular flexibility index (Phi) is 3.53. The maximum Gasteiger partial charge on any atom is 0.190 e. The highest BCUT2D eigenvalue weighted by Gasteiger charge is 2.41. The number of fused-ring (bicyclic) bond motifs is 3. The van der Waals surface area contributed by atoms with Crippen LogP contribution in [-0.4, -0.2) is 16.9 Å². The number of nitrogens with zero attached hydrogens (tertiary/aromatic N) is 2. The molecule has 4 heteroatoms. The van der Waals surface area contributed by atoms with E-state index in [4.69, 9.17) is 21.4 Å². The van der Waals surface area contributed by atoms with Crippen LogP contribution in [0.5, 0.6) is 5.75 Å². The van der Waals surface area contributed by atoms with Crippen molar-refractivity contribution >= 4 is 17.3 Å². The Balaban J connectivity index is 1.77. The molecule has 2 heterocycles. The maximum atomic E-state index is 6.21. The predicted molar refractivity (Wildman–Crippen MR) is 92.9 cm³/mol. The van der Waals surface area contributed by atoms with Crippen LogP contribution in [0, 0.1) is 5.92 Å². The van der Waals surface area contributed by atoms with Crippen molar-refractivity contribution in [3.8, 4) is 5.75 Å². The third-order valence-electron chi connectivity index (χ3n) is 4.46. The number of hydrogen-bond donors (Lipinski definition) is 0. The van der Waals surface area contributed by atoms with Crippen LogP contribution in [0.3, 0.4) is 0 Å². The summed E-state index contributed by atoms with van der Waals surface area (Å²) in [6.07, 6.45) is 0.833. The van der Waals surface area contributed by atoms with Crippen LogP contribution >= 0.6 is 11.6 Å². The lowest BCUT2D eigenvalue weighted by atomic mass is 9.95. The van der Waals surface area contributed by atoms with E-state index in [1.54, 1.807) is 0 Å². The molecular weight excluding hydrogens is 308 g/mol. The minimum absolute atomic E-state index is 0.0464. The lowest BCUT2D eigenvalue weighted by Gasteiger charge is -2.40. The van der Waals surface area contributed by atoms with Crippen LogP contribution in [0.2, 0.25) is 5.02 Å². The molecule has 3 nitrogen and oxygen atoms in total. The quantitative estimate of drug-likeness (QED) is 0.786. The van der Waals surface area contributed by atoms with E-state index in [0.717, 1.165) is 28.5 Å². The molecule has 0 amide bonds. The molecule has 2 aromatic rings. The molecule has 4 rings (SSSR count). The number of hydrazone groups is 1. The first kappa shape index (κ1) is 14.6. The van der Waals surface area contributed by atoms with Gasteiger partial charge in [0, 0.05) is 22.9 Å². The van der Waals surface area contributed by atoms with Gasteiger partial charge in [-0.3, -0.25) is 0 Å². The minimum atomic E-state index is -0.0464. The molecule has 0 fully saturated rings. The molecule has 0 radical (unpaired) electrons. The third-order valence-corrected chi connectivity index (χ3v) is 4.69. The smallest absolute Gasteiger partial charge is 0.190 e. The van der Waals surface area contributed by atoms with Crippen molar-refractivity contribution in [3.05, 3.63) is 64.7 Å². The summed E-state index contributed by atoms with van der Waals surface area (Å²) in [5.74, 6) is 1.28. The SMILES string of the molecule is CC(C)[C@@H]1Oc2ccc(Cl)cc2[C@H]2CC(c3ccccc3)=NN21. The second-order valence-corrected chi connectivity index (χ2v) is 6.88. The van der Waals surface area contributed by atoms with Gasteiger partial charge in [-0.25, -0.2) is 5.01 Å². The Morgan fingerprint density at radius 3 is 2.70 bits per heavy atom. The molecule has 0 saturated heterocycles. The second kappa shape index (κ2) is 5.57. The van der Waals surface area contributed by atoms with Gasteiger partial charge in [-0.15, -0.1) is 0 Å². The number of ether oxygens (including phenoxy) is 1. The van der Waals surface area contributed by atoms with Gasteiger partial charge in [0.25, 0.3) is 0 Å². The molecule has 118 valence electrons. The number of benzene rings is 2. The molecule has 0 unspecified atom stereocenters. The van der Waals surface area contributed by atoms with Gasteiger partial charge in [-0.2, -0.15) is 5.10 Å². The average molecular weight is 327 g/mol. The topological polar surface area (TPSA) is 24.8 Å². The van der Waals surface area contributed by atoms with Crippen molar-refractivity contribution in [1.29, 1.82) is 0 Å². The van der Waals surface area contributed by atoms with Crippen molar-refractivity contribution in [3.63, 3.8) is 0 Å². The van der Waals surface area contributed by atoms with Crippen molar-refractivity contribution in [2.24, 2.45) is 11.0 Å². The highest BCUT2D eigenvalue weighted by Crippen LogP contribution is 2.45. The Morgan fingerprint density at radius 1 is 1.17 bits per heavy atom. The van der Waals surface area contributed by atoms with E-state index in [1.165, 1.54) is 5.56 Å². The molecule has 0 bridgehead atoms. The van der Waals surface area contributed by atoms with Crippen LogP contribution in [0.25, 0.3) is 0 Å². The molecule has 0 N–H and O–H groups in total. The minimum Gasteiger partial charge on any atom is -0.468 e. The second-order valence-electron chi connectivity index (χ2n) is 6.45. The standard InChI is InChI=1S/C19H19ClN2O/c1-12(2)19-22-17(15-10-14(20)8-9-18(15)23-19)11-16(21-22)13-6-4-3-5-7-13/h3-10,12,17,19H,11H2,1-2H3/t17-,19+/m1/s1. The Bertz CT molecular complexity index is 757. The van der Waals surface area contributed by atoms with Gasteiger partial charge in [0.2, 0.25) is 0 Å². The van der Waals surface area contributed by atoms with E-state index in [1.807, 2.05) is 24.3 Å². The maximum absolute atomic E-state index is 6.21. The predicted octanol–water partition coefficient (Wildman–Crippen LogP) is 4.87. The fourth-order valence-electron chi connectivity index (χ4n) is 3.33. The zero-order valence-electron chi connectivity index (χ0n) is 13.2. The molecule has 2 aromatic carbocycles. The highest BCUT2D eigenvalue weighted by atomic mass is 35.5. The van der Waals surface area contributed by atoms with Gasteiger partial charge in [0.05, 0.1) is 11.8 Å². The van der Waals surface area contributed by atoms with E-state index in [9.17, 15) is 0 Å².